The highest BCUT2D eigenvalue weighted by atomic mass is 16.3. The molecule has 4 aliphatic rings. The fraction of sp³-hybridized carbons (Fsp3) is 0.725. The molecular formula is C69H116N14O23. The Labute approximate surface area is 616 Å². The van der Waals surface area contributed by atoms with Gasteiger partial charge in [0.2, 0.25) is 35.4 Å². The van der Waals surface area contributed by atoms with Crippen molar-refractivity contribution >= 4 is 65.5 Å². The van der Waals surface area contributed by atoms with Gasteiger partial charge in [-0.05, 0) is 90.9 Å². The van der Waals surface area contributed by atoms with Gasteiger partial charge in [0, 0.05) is 55.9 Å². The molecule has 106 heavy (non-hydrogen) atoms. The number of β-amino-alcohol motifs (C(OH)–C–C–N with tert-alkyl or cyclic N) is 2. The van der Waals surface area contributed by atoms with E-state index in [2.05, 4.69) is 6.58 Å². The molecule has 0 aromatic carbocycles. The van der Waals surface area contributed by atoms with Crippen LogP contribution in [0.3, 0.4) is 0 Å². The lowest BCUT2D eigenvalue weighted by atomic mass is 9.78. The lowest BCUT2D eigenvalue weighted by molar-refractivity contribution is -0.159. The van der Waals surface area contributed by atoms with E-state index >= 15 is 0 Å². The number of carbonyl (C=O) groups excluding carboxylic acids is 11. The number of allylic oxidation sites excluding steroid dienone is 1. The van der Waals surface area contributed by atoms with Crippen LogP contribution in [0.5, 0.6) is 0 Å². The van der Waals surface area contributed by atoms with Gasteiger partial charge in [-0.2, -0.15) is 0 Å². The topological polar surface area (TPSA) is 467 Å². The summed E-state index contributed by atoms with van der Waals surface area (Å²) in [7, 11) is 9.72. The van der Waals surface area contributed by atoms with Gasteiger partial charge >= 0.3 is 58.3 Å². The van der Waals surface area contributed by atoms with E-state index in [4.69, 9.17) is 0 Å². The minimum atomic E-state index is -1.04. The van der Waals surface area contributed by atoms with Gasteiger partial charge in [0.25, 0.3) is 5.91 Å². The van der Waals surface area contributed by atoms with E-state index in [0.717, 1.165) is 61.7 Å². The molecule has 6 heterocycles. The smallest absolute Gasteiger partial charge is 0.336 e. The molecule has 2 aromatic heterocycles. The molecule has 6 atom stereocenters. The Bertz CT molecular complexity index is 3540. The number of hydrogen-bond donors (Lipinski definition) is 6. The Morgan fingerprint density at radius 2 is 0.509 bits per heavy atom. The first-order valence-electron chi connectivity index (χ1n) is 35.7. The van der Waals surface area contributed by atoms with Crippen LogP contribution in [0.2, 0.25) is 0 Å². The summed E-state index contributed by atoms with van der Waals surface area (Å²) in [6.45, 7) is 27.3. The maximum Gasteiger partial charge on any atom is 0.336 e. The Balaban J connectivity index is 0.000000640. The van der Waals surface area contributed by atoms with Crippen LogP contribution >= 0.6 is 0 Å². The molecule has 0 saturated carbocycles. The number of amides is 15. The number of imide groups is 7. The normalized spacial score (nSPS) is 18.5. The molecule has 0 spiro atoms. The fourth-order valence-corrected chi connectivity index (χ4v) is 11.7. The van der Waals surface area contributed by atoms with Gasteiger partial charge in [0.1, 0.15) is 21.8 Å². The quantitative estimate of drug-likeness (QED) is 0.0418. The number of aliphatic hydroxyl groups excluding tert-OH is 6. The summed E-state index contributed by atoms with van der Waals surface area (Å²) >= 11 is 0. The predicted octanol–water partition coefficient (Wildman–Crippen LogP) is 0.251. The molecule has 6 N–H and O–H groups in total. The molecule has 0 aliphatic carbocycles. The molecule has 4 fully saturated rings. The molecule has 4 saturated heterocycles. The first-order valence-corrected chi connectivity index (χ1v) is 35.7. The third-order valence-electron chi connectivity index (χ3n) is 19.9. The van der Waals surface area contributed by atoms with E-state index < -0.39 is 117 Å². The van der Waals surface area contributed by atoms with E-state index in [1.807, 2.05) is 6.92 Å². The summed E-state index contributed by atoms with van der Waals surface area (Å²) in [5.41, 5.74) is -8.85. The number of nitrogens with zero attached hydrogens (tertiary/aromatic N) is 14. The maximum absolute atomic E-state index is 12.3. The minimum absolute atomic E-state index is 0.0102. The number of aliphatic hydroxyl groups is 6. The summed E-state index contributed by atoms with van der Waals surface area (Å²) in [6, 6.07) is -2.09. The van der Waals surface area contributed by atoms with Crippen LogP contribution in [0.15, 0.2) is 41.4 Å². The summed E-state index contributed by atoms with van der Waals surface area (Å²) in [4.78, 5) is 212. The van der Waals surface area contributed by atoms with Gasteiger partial charge < -0.3 is 35.5 Å². The Hall–Kier alpha value is -8.91. The SMILES string of the molecule is C=CCn1c(=O)n(CC(O)CC)c(=O)n(CC(O)CC)c1=O.CCC(O)CN1C(=O)N(CC(O)CC)C(C)(C)C1=O.CCC(O)Cn1c(=O)n(C)c(=O)n(CC(O)CC)c1=O.CCC1(CC)C(=O)N(C)C(=O)N(C)C1=O.CCC1(CC)C(=O)N(C)C(=O)N(C)C1=O.CCC1(CC)C(=O)N(C)C(=O)N(C)C1=O. The average molecular weight is 1510 g/mol. The molecule has 2 aromatic rings. The van der Waals surface area contributed by atoms with Crippen molar-refractivity contribution in [3.05, 3.63) is 75.6 Å². The second-order valence-corrected chi connectivity index (χ2v) is 26.7. The van der Waals surface area contributed by atoms with Crippen molar-refractivity contribution in [2.75, 3.05) is 55.4 Å². The lowest BCUT2D eigenvalue weighted by Crippen LogP contribution is -2.62. The maximum atomic E-state index is 12.3. The lowest BCUT2D eigenvalue weighted by Gasteiger charge is -2.40. The second kappa shape index (κ2) is 40.7. The van der Waals surface area contributed by atoms with Crippen LogP contribution in [0.4, 0.5) is 19.2 Å². The zero-order valence-electron chi connectivity index (χ0n) is 65.6. The predicted molar refractivity (Wildman–Crippen MR) is 387 cm³/mol. The van der Waals surface area contributed by atoms with Gasteiger partial charge in [-0.25, -0.2) is 75.3 Å². The number of barbiturate groups is 3. The van der Waals surface area contributed by atoms with Gasteiger partial charge in [-0.15, -0.1) is 6.58 Å². The van der Waals surface area contributed by atoms with E-state index in [9.17, 15) is 112 Å². The molecule has 0 bridgehead atoms. The largest absolute Gasteiger partial charge is 0.391 e. The summed E-state index contributed by atoms with van der Waals surface area (Å²) in [5.74, 6) is -2.66. The molecule has 15 amide bonds. The third-order valence-corrected chi connectivity index (χ3v) is 19.9. The highest BCUT2D eigenvalue weighted by molar-refractivity contribution is 6.20. The van der Waals surface area contributed by atoms with Crippen molar-refractivity contribution in [3.63, 3.8) is 0 Å². The first kappa shape index (κ1) is 95.1. The molecule has 0 radical (unpaired) electrons. The van der Waals surface area contributed by atoms with Crippen LogP contribution in [-0.4, -0.2) is 260 Å². The number of carbonyl (C=O) groups is 11. The van der Waals surface area contributed by atoms with E-state index in [1.165, 1.54) is 60.3 Å². The van der Waals surface area contributed by atoms with Crippen molar-refractivity contribution in [1.29, 1.82) is 0 Å². The van der Waals surface area contributed by atoms with Crippen LogP contribution in [0.1, 0.15) is 174 Å². The number of aromatic nitrogens is 6. The molecule has 600 valence electrons. The molecule has 6 unspecified atom stereocenters. The van der Waals surface area contributed by atoms with Crippen molar-refractivity contribution in [1.82, 2.24) is 66.6 Å². The first-order chi connectivity index (χ1) is 49.2. The molecule has 37 nitrogen and oxygen atoms in total. The van der Waals surface area contributed by atoms with E-state index in [0.29, 0.717) is 77.0 Å². The zero-order valence-corrected chi connectivity index (χ0v) is 65.6. The van der Waals surface area contributed by atoms with Crippen LogP contribution in [0, 0.1) is 16.2 Å². The van der Waals surface area contributed by atoms with Crippen LogP contribution in [0.25, 0.3) is 0 Å². The molecule has 37 heteroatoms. The van der Waals surface area contributed by atoms with E-state index in [1.54, 1.807) is 90.0 Å². The van der Waals surface area contributed by atoms with Gasteiger partial charge in [0.05, 0.1) is 75.9 Å². The third kappa shape index (κ3) is 20.2. The van der Waals surface area contributed by atoms with Gasteiger partial charge in [-0.1, -0.05) is 89.2 Å². The summed E-state index contributed by atoms with van der Waals surface area (Å²) in [5, 5.41) is 57.9. The fourth-order valence-electron chi connectivity index (χ4n) is 11.7. The van der Waals surface area contributed by atoms with Crippen LogP contribution in [-0.2, 0) is 73.3 Å². The van der Waals surface area contributed by atoms with Crippen molar-refractivity contribution < 1.29 is 83.4 Å². The number of rotatable bonds is 26. The average Bonchev–Trinajstić information content (AvgIpc) is 0.807. The minimum Gasteiger partial charge on any atom is -0.391 e. The molecular weight excluding hydrogens is 1390 g/mol. The Morgan fingerprint density at radius 3 is 0.726 bits per heavy atom. The van der Waals surface area contributed by atoms with Gasteiger partial charge in [-0.3, -0.25) is 67.9 Å². The van der Waals surface area contributed by atoms with Crippen molar-refractivity contribution in [2.24, 2.45) is 23.3 Å². The summed E-state index contributed by atoms with van der Waals surface area (Å²) < 4.78 is 4.93. The van der Waals surface area contributed by atoms with Crippen molar-refractivity contribution in [3.8, 4) is 0 Å². The number of hydrogen-bond acceptors (Lipinski definition) is 23. The van der Waals surface area contributed by atoms with Gasteiger partial charge in [0.15, 0.2) is 0 Å². The summed E-state index contributed by atoms with van der Waals surface area (Å²) in [6.07, 6.45) is 1.60. The zero-order chi connectivity index (χ0) is 82.5. The Kier molecular flexibility index (Phi) is 36.5. The highest BCUT2D eigenvalue weighted by Crippen LogP contribution is 2.37. The number of urea groups is 4. The van der Waals surface area contributed by atoms with Crippen molar-refractivity contribution in [2.45, 2.75) is 249 Å². The second-order valence-electron chi connectivity index (χ2n) is 26.7. The highest BCUT2D eigenvalue weighted by Gasteiger charge is 2.56. The molecule has 6 rings (SSSR count). The molecule has 4 aliphatic heterocycles. The standard InChI is InChI=1S/C14H23N3O5.C13H24N2O4.C12H21N3O5.3C10H16N2O3/c1-4-7-15-12(20)16(8-10(18)5-2)14(22)17(13(15)21)9-11(19)6-3;1-5-9(16)7-14-11(18)13(3,4)15(12(14)19)8-10(17)6-2;1-4-8(16)6-14-10(18)13(3)11(19)15(12(14)20)7-9(17)5-2;3*1-5-10(6-2)7(13)11(3)9(15)12(4)8(10)14/h4,10-11,18-19H,1,5-9H2,2-3H3;9-10,16-17H,5-8H2,1-4H3;8-9,16-17H,4-7H2,1-3H3;3*5-6H2,1-4H3. The monoisotopic (exact) mass is 1510 g/mol. The van der Waals surface area contributed by atoms with E-state index in [-0.39, 0.29) is 87.2 Å². The van der Waals surface area contributed by atoms with Crippen LogP contribution < -0.4 is 34.1 Å². The Morgan fingerprint density at radius 1 is 0.302 bits per heavy atom.